The van der Waals surface area contributed by atoms with E-state index in [1.165, 1.54) is 16.1 Å². The molecule has 0 unspecified atom stereocenters. The van der Waals surface area contributed by atoms with Crippen molar-refractivity contribution in [1.29, 1.82) is 0 Å². The number of thiophene rings is 1. The third-order valence-electron chi connectivity index (χ3n) is 4.30. The Balaban J connectivity index is 1.46. The zero-order chi connectivity index (χ0) is 19.2. The van der Waals surface area contributed by atoms with Crippen LogP contribution in [-0.4, -0.2) is 26.1 Å². The van der Waals surface area contributed by atoms with Crippen LogP contribution in [0.5, 0.6) is 0 Å². The summed E-state index contributed by atoms with van der Waals surface area (Å²) in [5.74, 6) is 0.381. The lowest BCUT2D eigenvalue weighted by Crippen LogP contribution is -2.33. The molecule has 4 aromatic rings. The van der Waals surface area contributed by atoms with Gasteiger partial charge >= 0.3 is 0 Å². The van der Waals surface area contributed by atoms with E-state index in [1.807, 2.05) is 66.0 Å². The van der Waals surface area contributed by atoms with Crippen LogP contribution >= 0.6 is 11.3 Å². The minimum absolute atomic E-state index is 0.0243. The summed E-state index contributed by atoms with van der Waals surface area (Å²) in [4.78, 5) is 14.9. The largest absolute Gasteiger partial charge is 0.347 e. The first-order chi connectivity index (χ1) is 13.8. The Morgan fingerprint density at radius 3 is 2.46 bits per heavy atom. The fourth-order valence-corrected chi connectivity index (χ4v) is 3.62. The smallest absolute Gasteiger partial charge is 0.244 e. The van der Waals surface area contributed by atoms with Crippen LogP contribution in [-0.2, 0) is 17.8 Å². The Labute approximate surface area is 166 Å². The molecule has 0 fully saturated rings. The topological polar surface area (TPSA) is 72.7 Å². The number of hydrogen-bond donors (Lipinski definition) is 1. The number of carbonyl (C=O) groups is 1. The van der Waals surface area contributed by atoms with Gasteiger partial charge in [-0.3, -0.25) is 4.79 Å². The highest BCUT2D eigenvalue weighted by molar-refractivity contribution is 7.13. The molecule has 7 heteroatoms. The third kappa shape index (κ3) is 4.50. The van der Waals surface area contributed by atoms with Crippen molar-refractivity contribution in [3.63, 3.8) is 0 Å². The van der Waals surface area contributed by atoms with Gasteiger partial charge in [-0.15, -0.1) is 21.5 Å². The summed E-state index contributed by atoms with van der Waals surface area (Å²) in [5.41, 5.74) is 2.22. The molecule has 2 aromatic heterocycles. The van der Waals surface area contributed by atoms with Crippen LogP contribution in [0.25, 0.3) is 10.7 Å². The highest BCUT2D eigenvalue weighted by Gasteiger charge is 2.17. The van der Waals surface area contributed by atoms with E-state index >= 15 is 0 Å². The van der Waals surface area contributed by atoms with Gasteiger partial charge in [-0.1, -0.05) is 66.7 Å². The first-order valence-corrected chi connectivity index (χ1v) is 9.86. The van der Waals surface area contributed by atoms with E-state index in [0.29, 0.717) is 12.2 Å². The molecule has 0 spiro atoms. The van der Waals surface area contributed by atoms with Gasteiger partial charge in [-0.25, -0.2) is 0 Å². The molecule has 1 atom stereocenters. The molecule has 2 aromatic carbocycles. The van der Waals surface area contributed by atoms with Gasteiger partial charge in [0.15, 0.2) is 0 Å². The number of benzene rings is 2. The molecule has 140 valence electrons. The highest BCUT2D eigenvalue weighted by atomic mass is 32.1. The van der Waals surface area contributed by atoms with Crippen molar-refractivity contribution in [3.8, 4) is 10.7 Å². The number of aromatic nitrogens is 4. The third-order valence-corrected chi connectivity index (χ3v) is 5.17. The minimum Gasteiger partial charge on any atom is -0.347 e. The molecular formula is C21H19N5OS. The van der Waals surface area contributed by atoms with Gasteiger partial charge in [0.25, 0.3) is 0 Å². The Morgan fingerprint density at radius 2 is 1.75 bits per heavy atom. The van der Waals surface area contributed by atoms with E-state index in [1.54, 1.807) is 0 Å². The van der Waals surface area contributed by atoms with E-state index in [0.717, 1.165) is 16.0 Å². The zero-order valence-corrected chi connectivity index (χ0v) is 15.9. The number of carbonyl (C=O) groups excluding carboxylic acids is 1. The maximum absolute atomic E-state index is 12.6. The number of amides is 1. The second-order valence-corrected chi connectivity index (χ2v) is 7.29. The lowest BCUT2D eigenvalue weighted by atomic mass is 9.99. The average molecular weight is 389 g/mol. The molecule has 2 heterocycles. The molecule has 0 radical (unpaired) electrons. The van der Waals surface area contributed by atoms with E-state index in [9.17, 15) is 4.79 Å². The predicted molar refractivity (Wildman–Crippen MR) is 109 cm³/mol. The molecule has 4 rings (SSSR count). The van der Waals surface area contributed by atoms with Crippen molar-refractivity contribution in [3.05, 3.63) is 89.3 Å². The van der Waals surface area contributed by atoms with Crippen LogP contribution in [0.3, 0.4) is 0 Å². The predicted octanol–water partition coefficient (Wildman–Crippen LogP) is 3.50. The molecular weight excluding hydrogens is 370 g/mol. The number of hydrogen-bond acceptors (Lipinski definition) is 5. The molecule has 0 bridgehead atoms. The SMILES string of the molecule is O=C(Cn1nnc(-c2cccs2)n1)N[C@H](Cc1ccccc1)c1ccccc1. The second-order valence-electron chi connectivity index (χ2n) is 6.34. The van der Waals surface area contributed by atoms with E-state index in [-0.39, 0.29) is 18.5 Å². The molecule has 0 aliphatic rings. The maximum Gasteiger partial charge on any atom is 0.244 e. The fraction of sp³-hybridized carbons (Fsp3) is 0.143. The van der Waals surface area contributed by atoms with Crippen molar-refractivity contribution in [2.75, 3.05) is 0 Å². The standard InChI is InChI=1S/C21H19N5OS/c27-20(15-26-24-21(23-25-26)19-12-7-13-28-19)22-18(17-10-5-2-6-11-17)14-16-8-3-1-4-9-16/h1-13,18H,14-15H2,(H,22,27)/t18-/m1/s1. The first kappa shape index (κ1) is 18.1. The molecule has 0 saturated heterocycles. The fourth-order valence-electron chi connectivity index (χ4n) is 2.97. The second kappa shape index (κ2) is 8.58. The van der Waals surface area contributed by atoms with Crippen LogP contribution in [0, 0.1) is 0 Å². The monoisotopic (exact) mass is 389 g/mol. The summed E-state index contributed by atoms with van der Waals surface area (Å²) < 4.78 is 0. The Hall–Kier alpha value is -3.32. The summed E-state index contributed by atoms with van der Waals surface area (Å²) >= 11 is 1.54. The summed E-state index contributed by atoms with van der Waals surface area (Å²) in [5, 5.41) is 17.4. The van der Waals surface area contributed by atoms with Gasteiger partial charge in [0.05, 0.1) is 10.9 Å². The lowest BCUT2D eigenvalue weighted by Gasteiger charge is -2.19. The summed E-state index contributed by atoms with van der Waals surface area (Å²) in [7, 11) is 0. The first-order valence-electron chi connectivity index (χ1n) is 8.98. The van der Waals surface area contributed by atoms with Crippen molar-refractivity contribution in [2.24, 2.45) is 0 Å². The molecule has 28 heavy (non-hydrogen) atoms. The van der Waals surface area contributed by atoms with E-state index < -0.39 is 0 Å². The Morgan fingerprint density at radius 1 is 1.00 bits per heavy atom. The highest BCUT2D eigenvalue weighted by Crippen LogP contribution is 2.20. The quantitative estimate of drug-likeness (QED) is 0.525. The van der Waals surface area contributed by atoms with Crippen LogP contribution in [0.1, 0.15) is 17.2 Å². The van der Waals surface area contributed by atoms with Crippen molar-refractivity contribution in [2.45, 2.75) is 19.0 Å². The van der Waals surface area contributed by atoms with Crippen molar-refractivity contribution >= 4 is 17.2 Å². The Kier molecular flexibility index (Phi) is 5.53. The summed E-state index contributed by atoms with van der Waals surface area (Å²) in [6.45, 7) is 0.0243. The van der Waals surface area contributed by atoms with Crippen LogP contribution in [0.4, 0.5) is 0 Å². The van der Waals surface area contributed by atoms with Gasteiger partial charge in [0.2, 0.25) is 11.7 Å². The van der Waals surface area contributed by atoms with Gasteiger partial charge < -0.3 is 5.32 Å². The van der Waals surface area contributed by atoms with E-state index in [2.05, 4.69) is 32.9 Å². The molecule has 0 saturated carbocycles. The number of rotatable bonds is 7. The molecule has 6 nitrogen and oxygen atoms in total. The zero-order valence-electron chi connectivity index (χ0n) is 15.1. The van der Waals surface area contributed by atoms with Crippen LogP contribution in [0.15, 0.2) is 78.2 Å². The summed E-state index contributed by atoms with van der Waals surface area (Å²) in [6, 6.07) is 23.8. The number of nitrogens with one attached hydrogen (secondary N) is 1. The van der Waals surface area contributed by atoms with E-state index in [4.69, 9.17) is 0 Å². The maximum atomic E-state index is 12.6. The molecule has 1 amide bonds. The van der Waals surface area contributed by atoms with Gasteiger partial charge in [-0.2, -0.15) is 4.80 Å². The lowest BCUT2D eigenvalue weighted by molar-refractivity contribution is -0.122. The van der Waals surface area contributed by atoms with Gasteiger partial charge in [0, 0.05) is 0 Å². The van der Waals surface area contributed by atoms with Crippen molar-refractivity contribution in [1.82, 2.24) is 25.5 Å². The van der Waals surface area contributed by atoms with Gasteiger partial charge in [-0.05, 0) is 34.2 Å². The van der Waals surface area contributed by atoms with Crippen LogP contribution < -0.4 is 5.32 Å². The molecule has 1 N–H and O–H groups in total. The number of nitrogens with zero attached hydrogens (tertiary/aromatic N) is 4. The van der Waals surface area contributed by atoms with Crippen molar-refractivity contribution < 1.29 is 4.79 Å². The van der Waals surface area contributed by atoms with Crippen LogP contribution in [0.2, 0.25) is 0 Å². The normalized spacial score (nSPS) is 11.9. The number of tetrazole rings is 1. The Bertz CT molecular complexity index is 1020. The molecule has 0 aliphatic heterocycles. The summed E-state index contributed by atoms with van der Waals surface area (Å²) in [6.07, 6.45) is 0.710. The minimum atomic E-state index is -0.153. The average Bonchev–Trinajstić information content (AvgIpc) is 3.41. The van der Waals surface area contributed by atoms with Gasteiger partial charge in [0.1, 0.15) is 6.54 Å². The molecule has 0 aliphatic carbocycles.